The number of rotatable bonds is 4. The molecule has 1 atom stereocenters. The first-order valence-corrected chi connectivity index (χ1v) is 8.21. The summed E-state index contributed by atoms with van der Waals surface area (Å²) in [4.78, 5) is 2.13. The van der Waals surface area contributed by atoms with Gasteiger partial charge in [0.2, 0.25) is 0 Å². The van der Waals surface area contributed by atoms with Crippen molar-refractivity contribution in [1.82, 2.24) is 10.2 Å². The molecule has 0 spiro atoms. The second-order valence-corrected chi connectivity index (χ2v) is 6.89. The number of likely N-dealkylation sites (N-methyl/N-ethyl adjacent to an activating group) is 2. The molecule has 0 radical (unpaired) electrons. The maximum atomic E-state index is 14.5. The Labute approximate surface area is 134 Å². The summed E-state index contributed by atoms with van der Waals surface area (Å²) >= 11 is 3.17. The first-order chi connectivity index (χ1) is 9.94. The SMILES string of the molecule is CNC(c1c(F)ccc(Br)c1F)C1(N(C)C)CCCCC1. The zero-order chi connectivity index (χ0) is 15.6. The highest BCUT2D eigenvalue weighted by atomic mass is 79.9. The minimum atomic E-state index is -0.499. The van der Waals surface area contributed by atoms with Crippen molar-refractivity contribution in [1.29, 1.82) is 0 Å². The summed E-state index contributed by atoms with van der Waals surface area (Å²) < 4.78 is 29.2. The van der Waals surface area contributed by atoms with Gasteiger partial charge in [0.25, 0.3) is 0 Å². The molecule has 21 heavy (non-hydrogen) atoms. The Morgan fingerprint density at radius 2 is 1.81 bits per heavy atom. The Morgan fingerprint density at radius 3 is 2.33 bits per heavy atom. The van der Waals surface area contributed by atoms with E-state index >= 15 is 0 Å². The van der Waals surface area contributed by atoms with Crippen molar-refractivity contribution in [3.8, 4) is 0 Å². The van der Waals surface area contributed by atoms with E-state index < -0.39 is 11.6 Å². The molecule has 0 bridgehead atoms. The van der Waals surface area contributed by atoms with Crippen LogP contribution in [0.25, 0.3) is 0 Å². The van der Waals surface area contributed by atoms with E-state index in [1.54, 1.807) is 7.05 Å². The van der Waals surface area contributed by atoms with Gasteiger partial charge in [0.15, 0.2) is 0 Å². The molecule has 118 valence electrons. The van der Waals surface area contributed by atoms with Crippen LogP contribution in [-0.2, 0) is 0 Å². The lowest BCUT2D eigenvalue weighted by molar-refractivity contribution is 0.0565. The van der Waals surface area contributed by atoms with Crippen molar-refractivity contribution in [2.45, 2.75) is 43.7 Å². The number of hydrogen-bond donors (Lipinski definition) is 1. The Hall–Kier alpha value is -0.520. The average molecular weight is 361 g/mol. The third-order valence-electron chi connectivity index (χ3n) is 4.80. The van der Waals surface area contributed by atoms with Gasteiger partial charge in [0.05, 0.1) is 10.5 Å². The van der Waals surface area contributed by atoms with E-state index in [1.807, 2.05) is 14.1 Å². The molecule has 5 heteroatoms. The maximum Gasteiger partial charge on any atom is 0.145 e. The predicted octanol–water partition coefficient (Wildman–Crippen LogP) is 4.25. The van der Waals surface area contributed by atoms with Crippen LogP contribution in [0.2, 0.25) is 0 Å². The van der Waals surface area contributed by atoms with Crippen LogP contribution in [0.4, 0.5) is 8.78 Å². The van der Waals surface area contributed by atoms with E-state index in [0.29, 0.717) is 4.47 Å². The summed E-state index contributed by atoms with van der Waals surface area (Å²) in [7, 11) is 5.79. The topological polar surface area (TPSA) is 15.3 Å². The number of nitrogens with zero attached hydrogens (tertiary/aromatic N) is 1. The maximum absolute atomic E-state index is 14.5. The van der Waals surface area contributed by atoms with Gasteiger partial charge >= 0.3 is 0 Å². The van der Waals surface area contributed by atoms with Gasteiger partial charge in [0, 0.05) is 11.1 Å². The standard InChI is InChI=1S/C16H23BrF2N2/c1-20-15(13-12(18)8-7-11(17)14(13)19)16(21(2)3)9-5-4-6-10-16/h7-8,15,20H,4-6,9-10H2,1-3H3. The van der Waals surface area contributed by atoms with E-state index in [0.717, 1.165) is 25.7 Å². The van der Waals surface area contributed by atoms with Gasteiger partial charge in [-0.25, -0.2) is 8.78 Å². The van der Waals surface area contributed by atoms with E-state index in [9.17, 15) is 8.78 Å². The van der Waals surface area contributed by atoms with Crippen LogP contribution in [0.3, 0.4) is 0 Å². The summed E-state index contributed by atoms with van der Waals surface area (Å²) in [5.74, 6) is -0.983. The van der Waals surface area contributed by atoms with Crippen LogP contribution in [0.15, 0.2) is 16.6 Å². The van der Waals surface area contributed by atoms with Crippen LogP contribution >= 0.6 is 15.9 Å². The molecule has 1 aromatic carbocycles. The first kappa shape index (κ1) is 16.8. The summed E-state index contributed by atoms with van der Waals surface area (Å²) in [5.41, 5.74) is -0.113. The lowest BCUT2D eigenvalue weighted by Crippen LogP contribution is -2.54. The zero-order valence-corrected chi connectivity index (χ0v) is 14.4. The smallest absolute Gasteiger partial charge is 0.145 e. The molecule has 0 aromatic heterocycles. The largest absolute Gasteiger partial charge is 0.311 e. The van der Waals surface area contributed by atoms with Gasteiger partial charge in [0.1, 0.15) is 11.6 Å². The molecule has 1 aromatic rings. The molecule has 1 saturated carbocycles. The van der Waals surface area contributed by atoms with Gasteiger partial charge in [-0.1, -0.05) is 19.3 Å². The third-order valence-corrected chi connectivity index (χ3v) is 5.42. The molecule has 0 heterocycles. The van der Waals surface area contributed by atoms with Crippen molar-refractivity contribution in [3.05, 3.63) is 33.8 Å². The minimum absolute atomic E-state index is 0.141. The van der Waals surface area contributed by atoms with Gasteiger partial charge in [-0.2, -0.15) is 0 Å². The van der Waals surface area contributed by atoms with Crippen molar-refractivity contribution in [2.24, 2.45) is 0 Å². The Balaban J connectivity index is 2.54. The predicted molar refractivity (Wildman–Crippen MR) is 85.4 cm³/mol. The van der Waals surface area contributed by atoms with E-state index in [1.165, 1.54) is 18.6 Å². The molecule has 1 unspecified atom stereocenters. The molecule has 0 amide bonds. The van der Waals surface area contributed by atoms with Crippen molar-refractivity contribution < 1.29 is 8.78 Å². The summed E-state index contributed by atoms with van der Waals surface area (Å²) in [6, 6.07) is 2.38. The third kappa shape index (κ3) is 3.01. The highest BCUT2D eigenvalue weighted by Crippen LogP contribution is 2.43. The Kier molecular flexibility index (Phi) is 5.38. The molecule has 1 N–H and O–H groups in total. The van der Waals surface area contributed by atoms with Gasteiger partial charge in [-0.15, -0.1) is 0 Å². The molecule has 1 aliphatic carbocycles. The molecule has 2 nitrogen and oxygen atoms in total. The number of hydrogen-bond acceptors (Lipinski definition) is 2. The second kappa shape index (κ2) is 6.71. The van der Waals surface area contributed by atoms with Crippen LogP contribution < -0.4 is 5.32 Å². The fraction of sp³-hybridized carbons (Fsp3) is 0.625. The second-order valence-electron chi connectivity index (χ2n) is 6.04. The quantitative estimate of drug-likeness (QED) is 0.807. The summed E-state index contributed by atoms with van der Waals surface area (Å²) in [6.45, 7) is 0. The van der Waals surface area contributed by atoms with Gasteiger partial charge in [-0.3, -0.25) is 0 Å². The van der Waals surface area contributed by atoms with E-state index in [4.69, 9.17) is 0 Å². The molecule has 0 saturated heterocycles. The van der Waals surface area contributed by atoms with Crippen molar-refractivity contribution >= 4 is 15.9 Å². The van der Waals surface area contributed by atoms with E-state index in [2.05, 4.69) is 26.1 Å². The molecule has 1 fully saturated rings. The Bertz CT molecular complexity index is 499. The van der Waals surface area contributed by atoms with Crippen molar-refractivity contribution in [2.75, 3.05) is 21.1 Å². The first-order valence-electron chi connectivity index (χ1n) is 7.42. The molecular weight excluding hydrogens is 338 g/mol. The number of benzene rings is 1. The summed E-state index contributed by atoms with van der Waals surface area (Å²) in [6.07, 6.45) is 5.25. The number of halogens is 3. The highest BCUT2D eigenvalue weighted by Gasteiger charge is 2.44. The minimum Gasteiger partial charge on any atom is -0.311 e. The molecule has 2 rings (SSSR count). The normalized spacial score (nSPS) is 19.8. The fourth-order valence-corrected chi connectivity index (χ4v) is 3.99. The monoisotopic (exact) mass is 360 g/mol. The molecule has 1 aliphatic rings. The molecular formula is C16H23BrF2N2. The van der Waals surface area contributed by atoms with Gasteiger partial charge < -0.3 is 10.2 Å². The number of nitrogens with one attached hydrogen (secondary N) is 1. The van der Waals surface area contributed by atoms with Crippen LogP contribution in [0.1, 0.15) is 43.7 Å². The van der Waals surface area contributed by atoms with Crippen LogP contribution in [0.5, 0.6) is 0 Å². The van der Waals surface area contributed by atoms with Crippen molar-refractivity contribution in [3.63, 3.8) is 0 Å². The van der Waals surface area contributed by atoms with Crippen LogP contribution in [0, 0.1) is 11.6 Å². The Morgan fingerprint density at radius 1 is 1.19 bits per heavy atom. The van der Waals surface area contributed by atoms with E-state index in [-0.39, 0.29) is 17.1 Å². The fourth-order valence-electron chi connectivity index (χ4n) is 3.65. The van der Waals surface area contributed by atoms with Gasteiger partial charge in [-0.05, 0) is 62.0 Å². The lowest BCUT2D eigenvalue weighted by atomic mass is 9.73. The molecule has 0 aliphatic heterocycles. The average Bonchev–Trinajstić information content (AvgIpc) is 2.48. The van der Waals surface area contributed by atoms with Crippen LogP contribution in [-0.4, -0.2) is 31.6 Å². The lowest BCUT2D eigenvalue weighted by Gasteiger charge is -2.48. The highest BCUT2D eigenvalue weighted by molar-refractivity contribution is 9.10. The zero-order valence-electron chi connectivity index (χ0n) is 12.8. The summed E-state index contributed by atoms with van der Waals surface area (Å²) in [5, 5.41) is 3.18.